The maximum Gasteiger partial charge on any atom is 0.260 e. The fraction of sp³-hybridized carbons (Fsp3) is 0.348. The number of likely N-dealkylation sites (tertiary alicyclic amines) is 1. The number of aromatic hydroxyl groups is 1. The summed E-state index contributed by atoms with van der Waals surface area (Å²) in [6, 6.07) is 12.5. The summed E-state index contributed by atoms with van der Waals surface area (Å²) in [5.74, 6) is 0.706. The van der Waals surface area contributed by atoms with E-state index in [9.17, 15) is 9.90 Å². The number of benzene rings is 1. The molecule has 1 saturated heterocycles. The van der Waals surface area contributed by atoms with E-state index in [2.05, 4.69) is 4.90 Å². The molecule has 1 atom stereocenters. The third kappa shape index (κ3) is 3.98. The van der Waals surface area contributed by atoms with Crippen molar-refractivity contribution in [2.24, 2.45) is 0 Å². The highest BCUT2D eigenvalue weighted by atomic mass is 35.5. The van der Waals surface area contributed by atoms with Gasteiger partial charge in [-0.3, -0.25) is 9.69 Å². The number of hydrogen-bond donors (Lipinski definition) is 1. The Labute approximate surface area is 175 Å². The number of aromatic nitrogens is 1. The molecular formula is C23H25ClN2O3. The first-order valence-corrected chi connectivity index (χ1v) is 10.4. The van der Waals surface area contributed by atoms with Gasteiger partial charge in [-0.15, -0.1) is 0 Å². The van der Waals surface area contributed by atoms with E-state index < -0.39 is 0 Å². The van der Waals surface area contributed by atoms with Gasteiger partial charge in [-0.05, 0) is 62.7 Å². The van der Waals surface area contributed by atoms with Gasteiger partial charge in [-0.25, -0.2) is 0 Å². The van der Waals surface area contributed by atoms with Crippen LogP contribution in [0.1, 0.15) is 47.9 Å². The minimum atomic E-state index is -0.389. The summed E-state index contributed by atoms with van der Waals surface area (Å²) in [6.07, 6.45) is 4.90. The molecule has 0 aliphatic carbocycles. The Bertz CT molecular complexity index is 1040. The summed E-state index contributed by atoms with van der Waals surface area (Å²) in [6.45, 7) is 3.86. The third-order valence-electron chi connectivity index (χ3n) is 5.65. The highest BCUT2D eigenvalue weighted by Crippen LogP contribution is 2.37. The van der Waals surface area contributed by atoms with Gasteiger partial charge in [0.15, 0.2) is 0 Å². The van der Waals surface area contributed by atoms with Gasteiger partial charge in [-0.2, -0.15) is 0 Å². The van der Waals surface area contributed by atoms with Crippen molar-refractivity contribution in [1.82, 2.24) is 9.47 Å². The monoisotopic (exact) mass is 412 g/mol. The van der Waals surface area contributed by atoms with Crippen LogP contribution < -0.4 is 5.56 Å². The molecule has 1 aromatic carbocycles. The molecule has 4 rings (SSSR count). The standard InChI is InChI=1S/C23H25ClN2O3/c1-16-14-20(27)21(23(28)26(16)15-17-8-7-13-29-17)22(25-11-5-2-6-12-25)18-9-3-4-10-19(18)24/h3-4,7-10,13-14,22,27H,2,5-6,11-12,15H2,1H3/t22-/m1/s1. The topological polar surface area (TPSA) is 58.6 Å². The lowest BCUT2D eigenvalue weighted by Gasteiger charge is -2.35. The highest BCUT2D eigenvalue weighted by Gasteiger charge is 2.31. The Kier molecular flexibility index (Phi) is 5.79. The van der Waals surface area contributed by atoms with Crippen LogP contribution in [0.2, 0.25) is 5.02 Å². The molecule has 0 radical (unpaired) electrons. The van der Waals surface area contributed by atoms with Gasteiger partial charge >= 0.3 is 0 Å². The number of nitrogens with zero attached hydrogens (tertiary/aromatic N) is 2. The summed E-state index contributed by atoms with van der Waals surface area (Å²) in [7, 11) is 0. The predicted octanol–water partition coefficient (Wildman–Crippen LogP) is 4.73. The van der Waals surface area contributed by atoms with Gasteiger partial charge in [0.1, 0.15) is 11.5 Å². The Morgan fingerprint density at radius 3 is 2.59 bits per heavy atom. The summed E-state index contributed by atoms with van der Waals surface area (Å²) in [5.41, 5.74) is 1.69. The van der Waals surface area contributed by atoms with E-state index >= 15 is 0 Å². The molecule has 0 spiro atoms. The lowest BCUT2D eigenvalue weighted by molar-refractivity contribution is 0.183. The number of furan rings is 1. The van der Waals surface area contributed by atoms with Crippen molar-refractivity contribution >= 4 is 11.6 Å². The minimum Gasteiger partial charge on any atom is -0.507 e. The van der Waals surface area contributed by atoms with Gasteiger partial charge in [0.25, 0.3) is 5.56 Å². The van der Waals surface area contributed by atoms with E-state index in [1.54, 1.807) is 23.0 Å². The van der Waals surface area contributed by atoms with Crippen LogP contribution in [0.4, 0.5) is 0 Å². The Morgan fingerprint density at radius 1 is 1.14 bits per heavy atom. The van der Waals surface area contributed by atoms with E-state index in [1.807, 2.05) is 37.3 Å². The predicted molar refractivity (Wildman–Crippen MR) is 114 cm³/mol. The molecule has 0 bridgehead atoms. The van der Waals surface area contributed by atoms with E-state index in [1.165, 1.54) is 6.42 Å². The average molecular weight is 413 g/mol. The molecule has 1 fully saturated rings. The van der Waals surface area contributed by atoms with Crippen LogP contribution in [0.25, 0.3) is 0 Å². The molecule has 2 aromatic heterocycles. The van der Waals surface area contributed by atoms with Crippen molar-refractivity contribution in [3.8, 4) is 5.75 Å². The molecular weight excluding hydrogens is 388 g/mol. The molecule has 0 saturated carbocycles. The third-order valence-corrected chi connectivity index (χ3v) is 5.99. The SMILES string of the molecule is Cc1cc(O)c([C@@H](c2ccccc2Cl)N2CCCCC2)c(=O)n1Cc1ccco1. The lowest BCUT2D eigenvalue weighted by Crippen LogP contribution is -2.39. The largest absolute Gasteiger partial charge is 0.507 e. The fourth-order valence-electron chi connectivity index (χ4n) is 4.19. The summed E-state index contributed by atoms with van der Waals surface area (Å²) < 4.78 is 7.10. The Morgan fingerprint density at radius 2 is 1.90 bits per heavy atom. The van der Waals surface area contributed by atoms with Gasteiger partial charge in [0, 0.05) is 10.7 Å². The van der Waals surface area contributed by atoms with Gasteiger partial charge < -0.3 is 14.1 Å². The molecule has 6 heteroatoms. The number of piperidine rings is 1. The van der Waals surface area contributed by atoms with Crippen LogP contribution in [-0.4, -0.2) is 27.7 Å². The number of aryl methyl sites for hydroxylation is 1. The van der Waals surface area contributed by atoms with Crippen LogP contribution in [-0.2, 0) is 6.54 Å². The maximum atomic E-state index is 13.6. The molecule has 1 N–H and O–H groups in total. The first-order chi connectivity index (χ1) is 14.1. The molecule has 3 heterocycles. The first-order valence-electron chi connectivity index (χ1n) is 10.0. The van der Waals surface area contributed by atoms with Gasteiger partial charge in [0.05, 0.1) is 24.4 Å². The minimum absolute atomic E-state index is 0.0127. The number of hydrogen-bond acceptors (Lipinski definition) is 4. The molecule has 1 aliphatic rings. The molecule has 152 valence electrons. The Balaban J connectivity index is 1.88. The van der Waals surface area contributed by atoms with Crippen molar-refractivity contribution in [3.05, 3.63) is 86.7 Å². The zero-order valence-electron chi connectivity index (χ0n) is 16.5. The fourth-order valence-corrected chi connectivity index (χ4v) is 4.43. The quantitative estimate of drug-likeness (QED) is 0.658. The van der Waals surface area contributed by atoms with E-state index in [0.29, 0.717) is 28.6 Å². The normalized spacial score (nSPS) is 16.1. The van der Waals surface area contributed by atoms with Gasteiger partial charge in [-0.1, -0.05) is 36.2 Å². The second-order valence-corrected chi connectivity index (χ2v) is 7.98. The summed E-state index contributed by atoms with van der Waals surface area (Å²) in [5, 5.41) is 11.5. The van der Waals surface area contributed by atoms with Crippen LogP contribution in [0.3, 0.4) is 0 Å². The van der Waals surface area contributed by atoms with Crippen LogP contribution in [0, 0.1) is 6.92 Å². The number of pyridine rings is 1. The van der Waals surface area contributed by atoms with Crippen LogP contribution >= 0.6 is 11.6 Å². The molecule has 3 aromatic rings. The molecule has 0 amide bonds. The summed E-state index contributed by atoms with van der Waals surface area (Å²) in [4.78, 5) is 15.9. The lowest BCUT2D eigenvalue weighted by atomic mass is 9.94. The highest BCUT2D eigenvalue weighted by molar-refractivity contribution is 6.31. The second kappa shape index (κ2) is 8.47. The van der Waals surface area contributed by atoms with Gasteiger partial charge in [0.2, 0.25) is 0 Å². The Hall–Kier alpha value is -2.50. The molecule has 0 unspecified atom stereocenters. The molecule has 5 nitrogen and oxygen atoms in total. The van der Waals surface area contributed by atoms with Crippen molar-refractivity contribution < 1.29 is 9.52 Å². The van der Waals surface area contributed by atoms with Crippen molar-refractivity contribution in [1.29, 1.82) is 0 Å². The average Bonchev–Trinajstić information content (AvgIpc) is 3.23. The summed E-state index contributed by atoms with van der Waals surface area (Å²) >= 11 is 6.55. The number of halogens is 1. The molecule has 29 heavy (non-hydrogen) atoms. The number of rotatable bonds is 5. The molecule has 1 aliphatic heterocycles. The van der Waals surface area contributed by atoms with Crippen LogP contribution in [0.5, 0.6) is 5.75 Å². The van der Waals surface area contributed by atoms with E-state index in [-0.39, 0.29) is 17.4 Å². The van der Waals surface area contributed by atoms with Crippen molar-refractivity contribution in [3.63, 3.8) is 0 Å². The zero-order valence-corrected chi connectivity index (χ0v) is 17.2. The van der Waals surface area contributed by atoms with Crippen molar-refractivity contribution in [2.75, 3.05) is 13.1 Å². The van der Waals surface area contributed by atoms with Crippen molar-refractivity contribution in [2.45, 2.75) is 38.8 Å². The van der Waals surface area contributed by atoms with E-state index in [4.69, 9.17) is 16.0 Å². The smallest absolute Gasteiger partial charge is 0.260 e. The van der Waals surface area contributed by atoms with Crippen LogP contribution in [0.15, 0.2) is 57.9 Å². The van der Waals surface area contributed by atoms with E-state index in [0.717, 1.165) is 31.5 Å². The zero-order chi connectivity index (χ0) is 20.4. The maximum absolute atomic E-state index is 13.6. The first kappa shape index (κ1) is 19.8. The second-order valence-electron chi connectivity index (χ2n) is 7.58.